The summed E-state index contributed by atoms with van der Waals surface area (Å²) in [5.74, 6) is 2.03. The number of hydrogen-bond donors (Lipinski definition) is 1. The van der Waals surface area contributed by atoms with Crippen LogP contribution in [0.5, 0.6) is 0 Å². The predicted octanol–water partition coefficient (Wildman–Crippen LogP) is 1.26. The molecule has 2 aromatic heterocycles. The van der Waals surface area contributed by atoms with Crippen molar-refractivity contribution < 1.29 is 0 Å². The van der Waals surface area contributed by atoms with Gasteiger partial charge in [-0.3, -0.25) is 4.57 Å². The second kappa shape index (κ2) is 5.07. The number of piperidine rings is 1. The van der Waals surface area contributed by atoms with Gasteiger partial charge in [0.15, 0.2) is 0 Å². The van der Waals surface area contributed by atoms with E-state index in [1.807, 2.05) is 0 Å². The van der Waals surface area contributed by atoms with Crippen LogP contribution in [-0.2, 0) is 0 Å². The zero-order chi connectivity index (χ0) is 14.1. The molecule has 0 saturated carbocycles. The molecule has 0 radical (unpaired) electrons. The van der Waals surface area contributed by atoms with E-state index in [1.54, 1.807) is 23.3 Å². The molecule has 0 amide bonds. The molecule has 0 aliphatic carbocycles. The minimum atomic E-state index is 0.240. The maximum Gasteiger partial charge on any atom is 0.241 e. The second-order valence-electron chi connectivity index (χ2n) is 5.32. The number of aromatic nitrogens is 5. The van der Waals surface area contributed by atoms with Crippen LogP contribution in [0.2, 0.25) is 0 Å². The van der Waals surface area contributed by atoms with Crippen LogP contribution in [0, 0.1) is 5.92 Å². The summed E-state index contributed by atoms with van der Waals surface area (Å²) < 4.78 is 1.74. The van der Waals surface area contributed by atoms with Crippen LogP contribution in [0.25, 0.3) is 5.95 Å². The Balaban J connectivity index is 1.97. The number of nitrogen functional groups attached to an aromatic ring is 1. The summed E-state index contributed by atoms with van der Waals surface area (Å²) in [6.07, 6.45) is 7.52. The first kappa shape index (κ1) is 12.8. The van der Waals surface area contributed by atoms with Crippen molar-refractivity contribution in [2.45, 2.75) is 32.7 Å². The van der Waals surface area contributed by atoms with Crippen LogP contribution in [0.4, 0.5) is 11.9 Å². The van der Waals surface area contributed by atoms with Gasteiger partial charge in [-0.05, 0) is 25.7 Å². The first-order valence-corrected chi connectivity index (χ1v) is 6.91. The molecule has 2 aromatic rings. The summed E-state index contributed by atoms with van der Waals surface area (Å²) in [4.78, 5) is 19.2. The Bertz CT molecular complexity index is 580. The molecule has 3 rings (SSSR count). The molecule has 2 unspecified atom stereocenters. The number of rotatable bonds is 2. The van der Waals surface area contributed by atoms with Crippen LogP contribution >= 0.6 is 0 Å². The maximum atomic E-state index is 5.83. The van der Waals surface area contributed by atoms with Crippen molar-refractivity contribution in [1.82, 2.24) is 24.5 Å². The zero-order valence-corrected chi connectivity index (χ0v) is 11.8. The highest BCUT2D eigenvalue weighted by Crippen LogP contribution is 2.26. The van der Waals surface area contributed by atoms with Crippen LogP contribution in [-0.4, -0.2) is 37.1 Å². The first-order chi connectivity index (χ1) is 9.65. The van der Waals surface area contributed by atoms with E-state index in [-0.39, 0.29) is 5.95 Å². The molecule has 2 atom stereocenters. The van der Waals surface area contributed by atoms with E-state index in [1.165, 1.54) is 6.42 Å². The SMILES string of the molecule is CC1CCCN(c2nc(N)nc(-n3ccnc3)n2)C1C. The molecule has 7 heteroatoms. The maximum absolute atomic E-state index is 5.83. The Morgan fingerprint density at radius 3 is 2.75 bits per heavy atom. The molecule has 7 nitrogen and oxygen atoms in total. The van der Waals surface area contributed by atoms with Crippen LogP contribution in [0.3, 0.4) is 0 Å². The molecule has 1 fully saturated rings. The smallest absolute Gasteiger partial charge is 0.241 e. The Hall–Kier alpha value is -2.18. The number of imidazole rings is 1. The van der Waals surface area contributed by atoms with Crippen molar-refractivity contribution >= 4 is 11.9 Å². The van der Waals surface area contributed by atoms with E-state index in [0.29, 0.717) is 23.9 Å². The lowest BCUT2D eigenvalue weighted by Gasteiger charge is -2.37. The van der Waals surface area contributed by atoms with Crippen molar-refractivity contribution in [2.24, 2.45) is 5.92 Å². The molecule has 1 aliphatic heterocycles. The van der Waals surface area contributed by atoms with Gasteiger partial charge in [-0.25, -0.2) is 4.98 Å². The standard InChI is InChI=1S/C13H19N7/c1-9-4-3-6-20(10(9)2)13-17-11(14)16-12(18-13)19-7-5-15-8-19/h5,7-10H,3-4,6H2,1-2H3,(H2,14,16,17,18). The van der Waals surface area contributed by atoms with E-state index in [9.17, 15) is 0 Å². The van der Waals surface area contributed by atoms with Gasteiger partial charge in [0.25, 0.3) is 0 Å². The Labute approximate surface area is 117 Å². The van der Waals surface area contributed by atoms with Gasteiger partial charge in [0.2, 0.25) is 17.8 Å². The second-order valence-corrected chi connectivity index (χ2v) is 5.32. The Morgan fingerprint density at radius 2 is 2.00 bits per heavy atom. The molecule has 2 N–H and O–H groups in total. The molecule has 0 aromatic carbocycles. The molecule has 1 saturated heterocycles. The van der Waals surface area contributed by atoms with Crippen molar-refractivity contribution in [3.05, 3.63) is 18.7 Å². The van der Waals surface area contributed by atoms with Crippen LogP contribution < -0.4 is 10.6 Å². The fraction of sp³-hybridized carbons (Fsp3) is 0.538. The lowest BCUT2D eigenvalue weighted by molar-refractivity contribution is 0.359. The lowest BCUT2D eigenvalue weighted by Crippen LogP contribution is -2.43. The van der Waals surface area contributed by atoms with E-state index < -0.39 is 0 Å². The lowest BCUT2D eigenvalue weighted by atomic mass is 9.92. The fourth-order valence-electron chi connectivity index (χ4n) is 2.61. The molecule has 1 aliphatic rings. The highest BCUT2D eigenvalue weighted by atomic mass is 15.3. The molecule has 3 heterocycles. The summed E-state index contributed by atoms with van der Waals surface area (Å²) in [6.45, 7) is 5.43. The fourth-order valence-corrected chi connectivity index (χ4v) is 2.61. The summed E-state index contributed by atoms with van der Waals surface area (Å²) in [6, 6.07) is 0.404. The van der Waals surface area contributed by atoms with Crippen molar-refractivity contribution in [3.63, 3.8) is 0 Å². The molecular weight excluding hydrogens is 254 g/mol. The largest absolute Gasteiger partial charge is 0.368 e. The minimum absolute atomic E-state index is 0.240. The summed E-state index contributed by atoms with van der Waals surface area (Å²) in [5.41, 5.74) is 5.83. The number of nitrogens with zero attached hydrogens (tertiary/aromatic N) is 6. The van der Waals surface area contributed by atoms with Crippen molar-refractivity contribution in [1.29, 1.82) is 0 Å². The summed E-state index contributed by atoms with van der Waals surface area (Å²) in [7, 11) is 0. The van der Waals surface area contributed by atoms with E-state index in [2.05, 4.69) is 38.7 Å². The van der Waals surface area contributed by atoms with E-state index in [4.69, 9.17) is 5.73 Å². The van der Waals surface area contributed by atoms with Gasteiger partial charge in [0, 0.05) is 25.0 Å². The van der Waals surface area contributed by atoms with Gasteiger partial charge in [0.05, 0.1) is 0 Å². The monoisotopic (exact) mass is 273 g/mol. The molecule has 0 spiro atoms. The number of nitrogens with two attached hydrogens (primary N) is 1. The molecule has 106 valence electrons. The van der Waals surface area contributed by atoms with Crippen molar-refractivity contribution in [3.8, 4) is 5.95 Å². The normalized spacial score (nSPS) is 23.0. The topological polar surface area (TPSA) is 85.8 Å². The van der Waals surface area contributed by atoms with Crippen LogP contribution in [0.1, 0.15) is 26.7 Å². The van der Waals surface area contributed by atoms with Gasteiger partial charge in [-0.15, -0.1) is 0 Å². The quantitative estimate of drug-likeness (QED) is 0.886. The first-order valence-electron chi connectivity index (χ1n) is 6.91. The highest BCUT2D eigenvalue weighted by Gasteiger charge is 2.27. The van der Waals surface area contributed by atoms with E-state index >= 15 is 0 Å². The summed E-state index contributed by atoms with van der Waals surface area (Å²) >= 11 is 0. The third-order valence-corrected chi connectivity index (χ3v) is 3.99. The number of anilines is 2. The summed E-state index contributed by atoms with van der Waals surface area (Å²) in [5, 5.41) is 0. The van der Waals surface area contributed by atoms with Gasteiger partial charge < -0.3 is 10.6 Å². The van der Waals surface area contributed by atoms with Gasteiger partial charge in [-0.1, -0.05) is 6.92 Å². The van der Waals surface area contributed by atoms with E-state index in [0.717, 1.165) is 13.0 Å². The average Bonchev–Trinajstić information content (AvgIpc) is 2.95. The third kappa shape index (κ3) is 2.31. The minimum Gasteiger partial charge on any atom is -0.368 e. The Kier molecular flexibility index (Phi) is 3.25. The van der Waals surface area contributed by atoms with Crippen molar-refractivity contribution in [2.75, 3.05) is 17.2 Å². The van der Waals surface area contributed by atoms with Crippen LogP contribution in [0.15, 0.2) is 18.7 Å². The average molecular weight is 273 g/mol. The number of hydrogen-bond acceptors (Lipinski definition) is 6. The van der Waals surface area contributed by atoms with Gasteiger partial charge in [-0.2, -0.15) is 15.0 Å². The molecule has 20 heavy (non-hydrogen) atoms. The molecule has 0 bridgehead atoms. The predicted molar refractivity (Wildman–Crippen MR) is 76.6 cm³/mol. The van der Waals surface area contributed by atoms with Gasteiger partial charge >= 0.3 is 0 Å². The third-order valence-electron chi connectivity index (χ3n) is 3.99. The highest BCUT2D eigenvalue weighted by molar-refractivity contribution is 5.39. The zero-order valence-electron chi connectivity index (χ0n) is 11.8. The molecular formula is C13H19N7. The Morgan fingerprint density at radius 1 is 1.20 bits per heavy atom. The van der Waals surface area contributed by atoms with Gasteiger partial charge in [0.1, 0.15) is 6.33 Å².